The van der Waals surface area contributed by atoms with Gasteiger partial charge in [0.25, 0.3) is 5.91 Å². The molecule has 0 saturated carbocycles. The highest BCUT2D eigenvalue weighted by Gasteiger charge is 2.25. The number of amides is 1. The van der Waals surface area contributed by atoms with E-state index < -0.39 is 0 Å². The van der Waals surface area contributed by atoms with Crippen molar-refractivity contribution in [2.75, 3.05) is 38.5 Å². The molecule has 2 aromatic rings. The molecule has 0 bridgehead atoms. The Balaban J connectivity index is 1.86. The van der Waals surface area contributed by atoms with Crippen LogP contribution < -0.4 is 5.73 Å². The molecule has 1 aliphatic rings. The minimum atomic E-state index is 0.0853. The molecule has 112 valence electrons. The summed E-state index contributed by atoms with van der Waals surface area (Å²) < 4.78 is 1.10. The first-order valence-electron chi connectivity index (χ1n) is 7.40. The van der Waals surface area contributed by atoms with Gasteiger partial charge in [0.15, 0.2) is 0 Å². The van der Waals surface area contributed by atoms with E-state index in [2.05, 4.69) is 24.8 Å². The number of piperazine rings is 1. The van der Waals surface area contributed by atoms with Crippen molar-refractivity contribution in [1.82, 2.24) is 9.80 Å². The number of likely N-dealkylation sites (N-methyl/N-ethyl adjacent to an activating group) is 1. The van der Waals surface area contributed by atoms with Crippen molar-refractivity contribution in [1.29, 1.82) is 0 Å². The Kier molecular flexibility index (Phi) is 3.87. The highest BCUT2D eigenvalue weighted by molar-refractivity contribution is 7.21. The summed E-state index contributed by atoms with van der Waals surface area (Å²) in [4.78, 5) is 17.7. The van der Waals surface area contributed by atoms with E-state index in [0.717, 1.165) is 42.8 Å². The van der Waals surface area contributed by atoms with Crippen LogP contribution in [0.5, 0.6) is 0 Å². The number of anilines is 1. The summed E-state index contributed by atoms with van der Waals surface area (Å²) in [5, 5.41) is 1.00. The van der Waals surface area contributed by atoms with Crippen molar-refractivity contribution in [2.24, 2.45) is 0 Å². The number of nitrogens with zero attached hydrogens (tertiary/aromatic N) is 2. The van der Waals surface area contributed by atoms with E-state index in [1.165, 1.54) is 16.9 Å². The van der Waals surface area contributed by atoms with Crippen molar-refractivity contribution in [3.63, 3.8) is 0 Å². The Bertz CT molecular complexity index is 671. The molecule has 0 atom stereocenters. The first-order chi connectivity index (χ1) is 10.1. The highest BCUT2D eigenvalue weighted by Crippen LogP contribution is 2.35. The molecule has 3 rings (SSSR count). The Hall–Kier alpha value is -1.59. The van der Waals surface area contributed by atoms with Gasteiger partial charge in [0.2, 0.25) is 0 Å². The summed E-state index contributed by atoms with van der Waals surface area (Å²) >= 11 is 1.52. The van der Waals surface area contributed by atoms with Gasteiger partial charge in [-0.2, -0.15) is 0 Å². The van der Waals surface area contributed by atoms with Crippen molar-refractivity contribution >= 4 is 33.0 Å². The number of nitrogens with two attached hydrogens (primary N) is 1. The van der Waals surface area contributed by atoms with Gasteiger partial charge >= 0.3 is 0 Å². The second-order valence-corrected chi connectivity index (χ2v) is 6.62. The molecule has 0 radical (unpaired) electrons. The third kappa shape index (κ3) is 2.63. The van der Waals surface area contributed by atoms with Gasteiger partial charge in [-0.1, -0.05) is 19.1 Å². The van der Waals surface area contributed by atoms with Gasteiger partial charge in [0.05, 0.1) is 5.69 Å². The van der Waals surface area contributed by atoms with E-state index in [1.807, 2.05) is 17.0 Å². The van der Waals surface area contributed by atoms with Crippen LogP contribution in [0.4, 0.5) is 5.69 Å². The maximum atomic E-state index is 12.7. The van der Waals surface area contributed by atoms with Crippen LogP contribution in [0, 0.1) is 6.92 Å². The number of hydrogen-bond acceptors (Lipinski definition) is 4. The zero-order valence-electron chi connectivity index (χ0n) is 12.6. The standard InChI is InChI=1S/C16H21N3OS/c1-3-18-6-8-19(9-7-18)16(20)15-14(17)12-5-4-11(2)10-13(12)21-15/h4-5,10H,3,6-9,17H2,1-2H3. The lowest BCUT2D eigenvalue weighted by atomic mass is 10.1. The second-order valence-electron chi connectivity index (χ2n) is 5.57. The summed E-state index contributed by atoms with van der Waals surface area (Å²) in [6.45, 7) is 8.74. The van der Waals surface area contributed by atoms with Crippen LogP contribution in [0.1, 0.15) is 22.2 Å². The van der Waals surface area contributed by atoms with Crippen LogP contribution in [0.3, 0.4) is 0 Å². The monoisotopic (exact) mass is 303 g/mol. The molecule has 0 aliphatic carbocycles. The van der Waals surface area contributed by atoms with Crippen molar-refractivity contribution < 1.29 is 4.79 Å². The van der Waals surface area contributed by atoms with Crippen molar-refractivity contribution in [3.05, 3.63) is 28.6 Å². The molecule has 1 fully saturated rings. The van der Waals surface area contributed by atoms with Gasteiger partial charge in [-0.25, -0.2) is 0 Å². The number of nitrogen functional groups attached to an aromatic ring is 1. The second kappa shape index (κ2) is 5.66. The van der Waals surface area contributed by atoms with Crippen molar-refractivity contribution in [3.8, 4) is 0 Å². The Labute approximate surface area is 129 Å². The number of carbonyl (C=O) groups is 1. The summed E-state index contributed by atoms with van der Waals surface area (Å²) in [6, 6.07) is 6.16. The zero-order chi connectivity index (χ0) is 15.0. The fraction of sp³-hybridized carbons (Fsp3) is 0.438. The minimum absolute atomic E-state index is 0.0853. The molecule has 5 heteroatoms. The number of benzene rings is 1. The van der Waals surface area contributed by atoms with Crippen LogP contribution in [-0.2, 0) is 0 Å². The van der Waals surface area contributed by atoms with Crippen LogP contribution in [0.25, 0.3) is 10.1 Å². The smallest absolute Gasteiger partial charge is 0.266 e. The highest BCUT2D eigenvalue weighted by atomic mass is 32.1. The molecule has 2 heterocycles. The number of carbonyl (C=O) groups excluding carboxylic acids is 1. The van der Waals surface area contributed by atoms with Crippen molar-refractivity contribution in [2.45, 2.75) is 13.8 Å². The topological polar surface area (TPSA) is 49.6 Å². The molecule has 2 N–H and O–H groups in total. The lowest BCUT2D eigenvalue weighted by Crippen LogP contribution is -2.48. The fourth-order valence-corrected chi connectivity index (χ4v) is 3.98. The number of rotatable bonds is 2. The summed E-state index contributed by atoms with van der Waals surface area (Å²) in [6.07, 6.45) is 0. The van der Waals surface area contributed by atoms with Crippen LogP contribution in [-0.4, -0.2) is 48.4 Å². The third-order valence-electron chi connectivity index (χ3n) is 4.18. The number of thiophene rings is 1. The molecule has 1 aromatic carbocycles. The summed E-state index contributed by atoms with van der Waals surface area (Å²) in [5.41, 5.74) is 8.03. The molecular weight excluding hydrogens is 282 g/mol. The summed E-state index contributed by atoms with van der Waals surface area (Å²) in [5.74, 6) is 0.0853. The average molecular weight is 303 g/mol. The first kappa shape index (κ1) is 14.4. The van der Waals surface area contributed by atoms with E-state index in [0.29, 0.717) is 10.6 Å². The Morgan fingerprint density at radius 2 is 2.00 bits per heavy atom. The number of fused-ring (bicyclic) bond motifs is 1. The molecule has 0 spiro atoms. The Morgan fingerprint density at radius 1 is 1.29 bits per heavy atom. The van der Waals surface area contributed by atoms with E-state index in [4.69, 9.17) is 5.73 Å². The molecule has 1 saturated heterocycles. The molecular formula is C16H21N3OS. The largest absolute Gasteiger partial charge is 0.397 e. The third-order valence-corrected chi connectivity index (χ3v) is 5.34. The molecule has 21 heavy (non-hydrogen) atoms. The average Bonchev–Trinajstić information content (AvgIpc) is 2.83. The maximum Gasteiger partial charge on any atom is 0.266 e. The van der Waals surface area contributed by atoms with Crippen LogP contribution >= 0.6 is 11.3 Å². The van der Waals surface area contributed by atoms with E-state index in [-0.39, 0.29) is 5.91 Å². The fourth-order valence-electron chi connectivity index (χ4n) is 2.79. The van der Waals surface area contributed by atoms with E-state index in [9.17, 15) is 4.79 Å². The number of hydrogen-bond donors (Lipinski definition) is 1. The molecule has 4 nitrogen and oxygen atoms in total. The predicted octanol–water partition coefficient (Wildman–Crippen LogP) is 2.57. The molecule has 1 aromatic heterocycles. The molecule has 1 aliphatic heterocycles. The lowest BCUT2D eigenvalue weighted by molar-refractivity contribution is 0.0649. The maximum absolute atomic E-state index is 12.7. The van der Waals surface area contributed by atoms with Crippen LogP contribution in [0.2, 0.25) is 0 Å². The van der Waals surface area contributed by atoms with Gasteiger partial charge in [0.1, 0.15) is 4.88 Å². The predicted molar refractivity (Wildman–Crippen MR) is 89.0 cm³/mol. The normalized spacial score (nSPS) is 16.6. The van der Waals surface area contributed by atoms with E-state index in [1.54, 1.807) is 0 Å². The zero-order valence-corrected chi connectivity index (χ0v) is 13.4. The van der Waals surface area contributed by atoms with Crippen LogP contribution in [0.15, 0.2) is 18.2 Å². The molecule has 0 unspecified atom stereocenters. The lowest BCUT2D eigenvalue weighted by Gasteiger charge is -2.33. The van der Waals surface area contributed by atoms with Gasteiger partial charge in [0, 0.05) is 36.3 Å². The van der Waals surface area contributed by atoms with Gasteiger partial charge < -0.3 is 15.5 Å². The van der Waals surface area contributed by atoms with Gasteiger partial charge in [-0.15, -0.1) is 11.3 Å². The van der Waals surface area contributed by atoms with E-state index >= 15 is 0 Å². The SMILES string of the molecule is CCN1CCN(C(=O)c2sc3cc(C)ccc3c2N)CC1. The minimum Gasteiger partial charge on any atom is -0.397 e. The first-order valence-corrected chi connectivity index (χ1v) is 8.22. The Morgan fingerprint density at radius 3 is 2.67 bits per heavy atom. The molecule has 1 amide bonds. The quantitative estimate of drug-likeness (QED) is 0.927. The number of aryl methyl sites for hydroxylation is 1. The van der Waals surface area contributed by atoms with Gasteiger partial charge in [-0.3, -0.25) is 4.79 Å². The van der Waals surface area contributed by atoms with Gasteiger partial charge in [-0.05, 0) is 25.1 Å². The summed E-state index contributed by atoms with van der Waals surface area (Å²) in [7, 11) is 0.